The summed E-state index contributed by atoms with van der Waals surface area (Å²) in [4.78, 5) is 20.4. The highest BCUT2D eigenvalue weighted by Gasteiger charge is 2.21. The van der Waals surface area contributed by atoms with Gasteiger partial charge < -0.3 is 9.26 Å². The summed E-state index contributed by atoms with van der Waals surface area (Å²) in [6.45, 7) is -0.215. The van der Waals surface area contributed by atoms with Crippen LogP contribution in [0.25, 0.3) is 11.4 Å². The van der Waals surface area contributed by atoms with Gasteiger partial charge in [0.25, 0.3) is 5.89 Å². The van der Waals surface area contributed by atoms with E-state index in [4.69, 9.17) is 20.9 Å². The standard InChI is InChI=1S/C22H17ClN4O5S/c23-18-9-8-16(11-19(18)33(29,30)25-12-15-5-2-1-3-6-15)22(28)31-14-20-26-21(27-32-20)17-7-4-10-24-13-17/h1-11,13,25H,12,14H2. The minimum Gasteiger partial charge on any atom is -0.452 e. The predicted octanol–water partition coefficient (Wildman–Crippen LogP) is 3.62. The second-order valence-electron chi connectivity index (χ2n) is 6.78. The monoisotopic (exact) mass is 484 g/mol. The quantitative estimate of drug-likeness (QED) is 0.376. The number of rotatable bonds is 8. The van der Waals surface area contributed by atoms with E-state index in [1.807, 2.05) is 6.07 Å². The topological polar surface area (TPSA) is 124 Å². The fourth-order valence-corrected chi connectivity index (χ4v) is 4.37. The van der Waals surface area contributed by atoms with Gasteiger partial charge in [0.05, 0.1) is 10.6 Å². The number of nitrogens with zero attached hydrogens (tertiary/aromatic N) is 3. The number of nitrogens with one attached hydrogen (secondary N) is 1. The van der Waals surface area contributed by atoms with Gasteiger partial charge in [-0.3, -0.25) is 4.98 Å². The Hall–Kier alpha value is -3.60. The maximum absolute atomic E-state index is 12.7. The molecule has 0 aliphatic rings. The van der Waals surface area contributed by atoms with E-state index in [0.717, 1.165) is 11.6 Å². The number of carbonyl (C=O) groups is 1. The van der Waals surface area contributed by atoms with Crippen molar-refractivity contribution < 1.29 is 22.5 Å². The number of hydrogen-bond acceptors (Lipinski definition) is 8. The zero-order valence-electron chi connectivity index (χ0n) is 17.0. The summed E-state index contributed by atoms with van der Waals surface area (Å²) in [5, 5.41) is 3.80. The van der Waals surface area contributed by atoms with Gasteiger partial charge in [-0.2, -0.15) is 4.98 Å². The molecule has 1 N–H and O–H groups in total. The highest BCUT2D eigenvalue weighted by atomic mass is 35.5. The first-order chi connectivity index (χ1) is 15.9. The van der Waals surface area contributed by atoms with Crippen LogP contribution < -0.4 is 4.72 Å². The Kier molecular flexibility index (Phi) is 6.78. The van der Waals surface area contributed by atoms with Crippen LogP contribution in [0.4, 0.5) is 0 Å². The molecule has 0 spiro atoms. The molecular weight excluding hydrogens is 468 g/mol. The molecule has 33 heavy (non-hydrogen) atoms. The Bertz CT molecular complexity index is 1360. The molecule has 168 valence electrons. The third kappa shape index (κ3) is 5.61. The van der Waals surface area contributed by atoms with Gasteiger partial charge in [-0.15, -0.1) is 0 Å². The lowest BCUT2D eigenvalue weighted by molar-refractivity contribution is 0.0429. The first-order valence-electron chi connectivity index (χ1n) is 9.65. The van der Waals surface area contributed by atoms with Gasteiger partial charge in [-0.05, 0) is 35.9 Å². The number of aromatic nitrogens is 3. The first kappa shape index (κ1) is 22.6. The summed E-state index contributed by atoms with van der Waals surface area (Å²) in [7, 11) is -3.98. The Morgan fingerprint density at radius 3 is 2.67 bits per heavy atom. The second-order valence-corrected chi connectivity index (χ2v) is 8.93. The van der Waals surface area contributed by atoms with Crippen LogP contribution in [0, 0.1) is 0 Å². The average molecular weight is 485 g/mol. The van der Waals surface area contributed by atoms with Crippen molar-refractivity contribution in [3.8, 4) is 11.4 Å². The van der Waals surface area contributed by atoms with E-state index in [-0.39, 0.29) is 34.5 Å². The zero-order chi connectivity index (χ0) is 23.3. The molecule has 0 radical (unpaired) electrons. The summed E-state index contributed by atoms with van der Waals surface area (Å²) in [5.41, 5.74) is 1.43. The first-order valence-corrected chi connectivity index (χ1v) is 11.5. The van der Waals surface area contributed by atoms with Crippen molar-refractivity contribution in [2.75, 3.05) is 0 Å². The lowest BCUT2D eigenvalue weighted by atomic mass is 10.2. The number of ether oxygens (including phenoxy) is 1. The molecule has 0 bridgehead atoms. The molecular formula is C22H17ClN4O5S. The summed E-state index contributed by atoms with van der Waals surface area (Å²) in [6, 6.07) is 16.3. The minimum absolute atomic E-state index is 0.00600. The average Bonchev–Trinajstić information content (AvgIpc) is 3.32. The van der Waals surface area contributed by atoms with Crippen LogP contribution >= 0.6 is 11.6 Å². The van der Waals surface area contributed by atoms with Gasteiger partial charge in [-0.25, -0.2) is 17.9 Å². The summed E-state index contributed by atoms with van der Waals surface area (Å²) >= 11 is 6.09. The molecule has 0 aliphatic carbocycles. The third-order valence-corrected chi connectivity index (χ3v) is 6.36. The van der Waals surface area contributed by atoms with Gasteiger partial charge >= 0.3 is 5.97 Å². The number of esters is 1. The maximum Gasteiger partial charge on any atom is 0.338 e. The zero-order valence-corrected chi connectivity index (χ0v) is 18.6. The van der Waals surface area contributed by atoms with Crippen molar-refractivity contribution in [1.82, 2.24) is 19.8 Å². The molecule has 2 aromatic carbocycles. The molecule has 9 nitrogen and oxygen atoms in total. The molecule has 0 saturated carbocycles. The highest BCUT2D eigenvalue weighted by Crippen LogP contribution is 2.24. The number of pyridine rings is 1. The van der Waals surface area contributed by atoms with Crippen molar-refractivity contribution >= 4 is 27.6 Å². The van der Waals surface area contributed by atoms with E-state index in [0.29, 0.717) is 11.4 Å². The van der Waals surface area contributed by atoms with E-state index in [1.54, 1.807) is 48.8 Å². The molecule has 0 atom stereocenters. The molecule has 2 heterocycles. The number of hydrogen-bond donors (Lipinski definition) is 1. The van der Waals surface area contributed by atoms with Crippen LogP contribution in [0.1, 0.15) is 21.8 Å². The van der Waals surface area contributed by atoms with Crippen LogP contribution in [0.5, 0.6) is 0 Å². The summed E-state index contributed by atoms with van der Waals surface area (Å²) in [5.74, 6) is -0.389. The van der Waals surface area contributed by atoms with Crippen LogP contribution in [0.2, 0.25) is 5.02 Å². The summed E-state index contributed by atoms with van der Waals surface area (Å²) < 4.78 is 38.2. The molecule has 0 unspecified atom stereocenters. The van der Waals surface area contributed by atoms with Crippen molar-refractivity contribution in [3.05, 3.63) is 95.1 Å². The highest BCUT2D eigenvalue weighted by molar-refractivity contribution is 7.89. The van der Waals surface area contributed by atoms with E-state index < -0.39 is 16.0 Å². The largest absolute Gasteiger partial charge is 0.452 e. The summed E-state index contributed by atoms with van der Waals surface area (Å²) in [6.07, 6.45) is 3.19. The van der Waals surface area contributed by atoms with E-state index in [9.17, 15) is 13.2 Å². The van der Waals surface area contributed by atoms with Gasteiger partial charge in [-0.1, -0.05) is 47.1 Å². The normalized spacial score (nSPS) is 11.3. The van der Waals surface area contributed by atoms with E-state index >= 15 is 0 Å². The third-order valence-electron chi connectivity index (χ3n) is 4.48. The van der Waals surface area contributed by atoms with Crippen molar-refractivity contribution in [3.63, 3.8) is 0 Å². The Morgan fingerprint density at radius 1 is 1.09 bits per heavy atom. The van der Waals surface area contributed by atoms with Crippen molar-refractivity contribution in [1.29, 1.82) is 0 Å². The molecule has 4 rings (SSSR count). The Labute approximate surface area is 194 Å². The lowest BCUT2D eigenvalue weighted by Crippen LogP contribution is -2.24. The van der Waals surface area contributed by atoms with Crippen LogP contribution in [0.15, 0.2) is 82.5 Å². The molecule has 4 aromatic rings. The Balaban J connectivity index is 1.43. The van der Waals surface area contributed by atoms with Gasteiger partial charge in [0, 0.05) is 24.5 Å². The molecule has 0 saturated heterocycles. The number of benzene rings is 2. The smallest absolute Gasteiger partial charge is 0.338 e. The predicted molar refractivity (Wildman–Crippen MR) is 119 cm³/mol. The van der Waals surface area contributed by atoms with Gasteiger partial charge in [0.2, 0.25) is 15.8 Å². The number of sulfonamides is 1. The van der Waals surface area contributed by atoms with E-state index in [2.05, 4.69) is 19.8 Å². The maximum atomic E-state index is 12.7. The van der Waals surface area contributed by atoms with Crippen LogP contribution in [0.3, 0.4) is 0 Å². The number of halogens is 1. The molecule has 0 aliphatic heterocycles. The fraction of sp³-hybridized carbons (Fsp3) is 0.0909. The second kappa shape index (κ2) is 9.90. The molecule has 0 amide bonds. The molecule has 11 heteroatoms. The minimum atomic E-state index is -3.98. The number of carbonyl (C=O) groups excluding carboxylic acids is 1. The fourth-order valence-electron chi connectivity index (χ4n) is 2.82. The van der Waals surface area contributed by atoms with Gasteiger partial charge in [0.1, 0.15) is 4.90 Å². The van der Waals surface area contributed by atoms with Crippen LogP contribution in [-0.4, -0.2) is 29.5 Å². The SMILES string of the molecule is O=C(OCc1nc(-c2cccnc2)no1)c1ccc(Cl)c(S(=O)(=O)NCc2ccccc2)c1. The molecule has 2 aromatic heterocycles. The van der Waals surface area contributed by atoms with Gasteiger partial charge in [0.15, 0.2) is 6.61 Å². The van der Waals surface area contributed by atoms with Crippen molar-refractivity contribution in [2.24, 2.45) is 0 Å². The van der Waals surface area contributed by atoms with Crippen LogP contribution in [-0.2, 0) is 27.9 Å². The lowest BCUT2D eigenvalue weighted by Gasteiger charge is -2.10. The van der Waals surface area contributed by atoms with E-state index in [1.165, 1.54) is 12.1 Å². The Morgan fingerprint density at radius 2 is 1.91 bits per heavy atom. The van der Waals surface area contributed by atoms with Crippen molar-refractivity contribution in [2.45, 2.75) is 18.0 Å². The molecule has 0 fully saturated rings.